The van der Waals surface area contributed by atoms with Gasteiger partial charge in [-0.25, -0.2) is 4.98 Å². The summed E-state index contributed by atoms with van der Waals surface area (Å²) in [5.41, 5.74) is 1.54. The van der Waals surface area contributed by atoms with Gasteiger partial charge < -0.3 is 18.8 Å². The van der Waals surface area contributed by atoms with E-state index >= 15 is 0 Å². The molecule has 0 bridgehead atoms. The molecule has 0 spiro atoms. The summed E-state index contributed by atoms with van der Waals surface area (Å²) in [6, 6.07) is 7.49. The number of morpholine rings is 1. The van der Waals surface area contributed by atoms with Gasteiger partial charge in [0.15, 0.2) is 0 Å². The number of nitrogens with zero attached hydrogens (tertiary/aromatic N) is 2. The van der Waals surface area contributed by atoms with E-state index in [4.69, 9.17) is 13.9 Å². The molecule has 1 amide bonds. The third-order valence-corrected chi connectivity index (χ3v) is 4.14. The molecule has 6 nitrogen and oxygen atoms in total. The Kier molecular flexibility index (Phi) is 4.85. The maximum Gasteiger partial charge on any atom is 0.228 e. The lowest BCUT2D eigenvalue weighted by Crippen LogP contribution is -2.45. The number of aromatic nitrogens is 1. The fraction of sp³-hybridized carbons (Fsp3) is 0.444. The van der Waals surface area contributed by atoms with E-state index in [0.717, 1.165) is 11.3 Å². The number of carbonyl (C=O) groups excluding carboxylic acids is 1. The smallest absolute Gasteiger partial charge is 0.228 e. The molecule has 1 aliphatic heterocycles. The van der Waals surface area contributed by atoms with E-state index in [-0.39, 0.29) is 18.4 Å². The molecule has 1 fully saturated rings. The first-order valence-electron chi connectivity index (χ1n) is 8.07. The Balaban J connectivity index is 1.72. The standard InChI is InChI=1S/C18H22N2O4/c1-12-11-20(8-9-23-12)17(21)10-16-13(2)24-18(19-16)14-4-6-15(22-3)7-5-14/h4-7,12H,8-11H2,1-3H3. The Bertz CT molecular complexity index is 708. The zero-order valence-corrected chi connectivity index (χ0v) is 14.2. The second kappa shape index (κ2) is 7.05. The van der Waals surface area contributed by atoms with Gasteiger partial charge >= 0.3 is 0 Å². The number of carbonyl (C=O) groups is 1. The van der Waals surface area contributed by atoms with Crippen LogP contribution < -0.4 is 4.74 Å². The zero-order valence-electron chi connectivity index (χ0n) is 14.2. The van der Waals surface area contributed by atoms with Gasteiger partial charge in [-0.3, -0.25) is 4.79 Å². The maximum atomic E-state index is 12.5. The summed E-state index contributed by atoms with van der Waals surface area (Å²) in [4.78, 5) is 18.8. The molecule has 1 aromatic carbocycles. The summed E-state index contributed by atoms with van der Waals surface area (Å²) < 4.78 is 16.4. The lowest BCUT2D eigenvalue weighted by atomic mass is 10.2. The Hall–Kier alpha value is -2.34. The average Bonchev–Trinajstić information content (AvgIpc) is 2.95. The van der Waals surface area contributed by atoms with Crippen LogP contribution >= 0.6 is 0 Å². The van der Waals surface area contributed by atoms with E-state index in [1.807, 2.05) is 43.0 Å². The second-order valence-corrected chi connectivity index (χ2v) is 5.95. The van der Waals surface area contributed by atoms with Gasteiger partial charge in [-0.05, 0) is 38.1 Å². The van der Waals surface area contributed by atoms with Crippen LogP contribution in [0.5, 0.6) is 5.75 Å². The van der Waals surface area contributed by atoms with Crippen LogP contribution in [0, 0.1) is 6.92 Å². The molecule has 1 atom stereocenters. The van der Waals surface area contributed by atoms with Crippen LogP contribution in [0.1, 0.15) is 18.4 Å². The molecule has 3 rings (SSSR count). The molecule has 1 saturated heterocycles. The fourth-order valence-corrected chi connectivity index (χ4v) is 2.75. The molecular formula is C18H22N2O4. The van der Waals surface area contributed by atoms with Gasteiger partial charge in [0.1, 0.15) is 11.5 Å². The van der Waals surface area contributed by atoms with E-state index in [0.29, 0.717) is 37.0 Å². The van der Waals surface area contributed by atoms with Crippen LogP contribution in [0.15, 0.2) is 28.7 Å². The van der Waals surface area contributed by atoms with Gasteiger partial charge in [-0.15, -0.1) is 0 Å². The minimum absolute atomic E-state index is 0.0582. The Morgan fingerprint density at radius 1 is 1.38 bits per heavy atom. The maximum absolute atomic E-state index is 12.5. The third kappa shape index (κ3) is 3.59. The molecule has 1 aliphatic rings. The number of oxazole rings is 1. The highest BCUT2D eigenvalue weighted by Crippen LogP contribution is 2.24. The Labute approximate surface area is 141 Å². The molecule has 0 aliphatic carbocycles. The zero-order chi connectivity index (χ0) is 17.1. The van der Waals surface area contributed by atoms with E-state index < -0.39 is 0 Å². The van der Waals surface area contributed by atoms with Crippen molar-refractivity contribution in [3.8, 4) is 17.2 Å². The van der Waals surface area contributed by atoms with Crippen molar-refractivity contribution in [2.45, 2.75) is 26.4 Å². The van der Waals surface area contributed by atoms with Crippen molar-refractivity contribution in [2.24, 2.45) is 0 Å². The predicted octanol–water partition coefficient (Wildman–Crippen LogP) is 2.45. The minimum atomic E-state index is 0.0582. The van der Waals surface area contributed by atoms with Gasteiger partial charge in [0.25, 0.3) is 0 Å². The number of ether oxygens (including phenoxy) is 2. The highest BCUT2D eigenvalue weighted by molar-refractivity contribution is 5.78. The second-order valence-electron chi connectivity index (χ2n) is 5.95. The first-order chi connectivity index (χ1) is 11.6. The molecule has 2 aromatic rings. The number of hydrogen-bond acceptors (Lipinski definition) is 5. The van der Waals surface area contributed by atoms with Crippen molar-refractivity contribution in [3.63, 3.8) is 0 Å². The highest BCUT2D eigenvalue weighted by Gasteiger charge is 2.23. The summed E-state index contributed by atoms with van der Waals surface area (Å²) in [7, 11) is 1.63. The van der Waals surface area contributed by atoms with E-state index in [1.165, 1.54) is 0 Å². The normalized spacial score (nSPS) is 17.8. The largest absolute Gasteiger partial charge is 0.497 e. The highest BCUT2D eigenvalue weighted by atomic mass is 16.5. The summed E-state index contributed by atoms with van der Waals surface area (Å²) in [5, 5.41) is 0. The van der Waals surface area contributed by atoms with Crippen molar-refractivity contribution in [1.82, 2.24) is 9.88 Å². The van der Waals surface area contributed by atoms with E-state index in [1.54, 1.807) is 7.11 Å². The number of hydrogen-bond donors (Lipinski definition) is 0. The molecule has 128 valence electrons. The van der Waals surface area contributed by atoms with Crippen LogP contribution in [0.3, 0.4) is 0 Å². The van der Waals surface area contributed by atoms with Gasteiger partial charge in [0, 0.05) is 18.7 Å². The van der Waals surface area contributed by atoms with Crippen molar-refractivity contribution >= 4 is 5.91 Å². The van der Waals surface area contributed by atoms with Crippen molar-refractivity contribution in [2.75, 3.05) is 26.8 Å². The molecule has 0 N–H and O–H groups in total. The Morgan fingerprint density at radius 3 is 2.79 bits per heavy atom. The first-order valence-corrected chi connectivity index (χ1v) is 8.07. The fourth-order valence-electron chi connectivity index (χ4n) is 2.75. The topological polar surface area (TPSA) is 64.8 Å². The lowest BCUT2D eigenvalue weighted by molar-refractivity contribution is -0.137. The quantitative estimate of drug-likeness (QED) is 0.861. The monoisotopic (exact) mass is 330 g/mol. The number of methoxy groups -OCH3 is 1. The van der Waals surface area contributed by atoms with Crippen LogP contribution in [0.25, 0.3) is 11.5 Å². The van der Waals surface area contributed by atoms with Crippen molar-refractivity contribution < 1.29 is 18.7 Å². The number of amides is 1. The molecule has 1 aromatic heterocycles. The summed E-state index contributed by atoms with van der Waals surface area (Å²) >= 11 is 0. The van der Waals surface area contributed by atoms with Gasteiger partial charge in [-0.2, -0.15) is 0 Å². The number of benzene rings is 1. The molecule has 24 heavy (non-hydrogen) atoms. The van der Waals surface area contributed by atoms with E-state index in [2.05, 4.69) is 4.98 Å². The lowest BCUT2D eigenvalue weighted by Gasteiger charge is -2.31. The van der Waals surface area contributed by atoms with Gasteiger partial charge in [0.2, 0.25) is 11.8 Å². The molecule has 0 saturated carbocycles. The van der Waals surface area contributed by atoms with Gasteiger partial charge in [0.05, 0.1) is 31.9 Å². The van der Waals surface area contributed by atoms with Gasteiger partial charge in [-0.1, -0.05) is 0 Å². The predicted molar refractivity (Wildman–Crippen MR) is 88.9 cm³/mol. The van der Waals surface area contributed by atoms with Crippen LogP contribution in [-0.4, -0.2) is 48.7 Å². The number of aryl methyl sites for hydroxylation is 1. The van der Waals surface area contributed by atoms with Crippen LogP contribution in [0.2, 0.25) is 0 Å². The first kappa shape index (κ1) is 16.5. The summed E-state index contributed by atoms with van der Waals surface area (Å²) in [6.07, 6.45) is 0.328. The molecule has 6 heteroatoms. The summed E-state index contributed by atoms with van der Waals surface area (Å²) in [6.45, 7) is 5.65. The molecule has 2 heterocycles. The van der Waals surface area contributed by atoms with Crippen molar-refractivity contribution in [1.29, 1.82) is 0 Å². The molecule has 1 unspecified atom stereocenters. The SMILES string of the molecule is COc1ccc(-c2nc(CC(=O)N3CCOC(C)C3)c(C)o2)cc1. The molecule has 0 radical (unpaired) electrons. The average molecular weight is 330 g/mol. The Morgan fingerprint density at radius 2 is 2.12 bits per heavy atom. The number of rotatable bonds is 4. The third-order valence-electron chi connectivity index (χ3n) is 4.14. The van der Waals surface area contributed by atoms with E-state index in [9.17, 15) is 4.79 Å². The van der Waals surface area contributed by atoms with Crippen molar-refractivity contribution in [3.05, 3.63) is 35.7 Å². The summed E-state index contributed by atoms with van der Waals surface area (Å²) in [5.74, 6) is 2.03. The van der Waals surface area contributed by atoms with Crippen LogP contribution in [-0.2, 0) is 16.0 Å². The van der Waals surface area contributed by atoms with Crippen LogP contribution in [0.4, 0.5) is 0 Å². The molecular weight excluding hydrogens is 308 g/mol. The minimum Gasteiger partial charge on any atom is -0.497 e.